The van der Waals surface area contributed by atoms with Crippen LogP contribution in [0.5, 0.6) is 0 Å². The smallest absolute Gasteiger partial charge is 0.229 e. The first-order chi connectivity index (χ1) is 15.3. The molecule has 0 spiro atoms. The molecule has 1 aliphatic heterocycles. The first kappa shape index (κ1) is 19.5. The largest absolute Gasteiger partial charge is 0.352 e. The number of nitrogens with one attached hydrogen (secondary N) is 3. The molecule has 1 aromatic carbocycles. The average molecular weight is 410 g/mol. The van der Waals surface area contributed by atoms with Gasteiger partial charge in [0, 0.05) is 37.1 Å². The predicted octanol–water partition coefficient (Wildman–Crippen LogP) is 1.76. The molecule has 5 rings (SSSR count). The van der Waals surface area contributed by atoms with E-state index in [2.05, 4.69) is 60.3 Å². The third-order valence-corrected chi connectivity index (χ3v) is 5.43. The second kappa shape index (κ2) is 8.73. The van der Waals surface area contributed by atoms with Gasteiger partial charge < -0.3 is 16.0 Å². The second-order valence-electron chi connectivity index (χ2n) is 7.65. The fourth-order valence-corrected chi connectivity index (χ4v) is 3.74. The lowest BCUT2D eigenvalue weighted by molar-refractivity contribution is 0.631. The highest BCUT2D eigenvalue weighted by molar-refractivity contribution is 6.36. The number of nitrogens with zero attached hydrogens (tertiary/aromatic N) is 5. The lowest BCUT2D eigenvalue weighted by Gasteiger charge is -2.14. The van der Waals surface area contributed by atoms with Gasteiger partial charge in [0.05, 0.1) is 5.69 Å². The van der Waals surface area contributed by atoms with Gasteiger partial charge >= 0.3 is 0 Å². The van der Waals surface area contributed by atoms with Crippen molar-refractivity contribution >= 4 is 30.9 Å². The molecule has 0 amide bonds. The molecule has 8 nitrogen and oxygen atoms in total. The molecule has 0 aliphatic carbocycles. The Bertz CT molecular complexity index is 1150. The number of hydrogen-bond acceptors (Lipinski definition) is 7. The number of aromatic nitrogens is 5. The average Bonchev–Trinajstić information content (AvgIpc) is 3.47. The summed E-state index contributed by atoms with van der Waals surface area (Å²) < 4.78 is 1.64. The van der Waals surface area contributed by atoms with E-state index < -0.39 is 0 Å². The van der Waals surface area contributed by atoms with Gasteiger partial charge in [0.2, 0.25) is 11.9 Å². The molecule has 1 fully saturated rings. The van der Waals surface area contributed by atoms with Crippen molar-refractivity contribution < 1.29 is 0 Å². The van der Waals surface area contributed by atoms with Crippen molar-refractivity contribution in [3.63, 3.8) is 0 Å². The zero-order chi connectivity index (χ0) is 21.0. The predicted molar refractivity (Wildman–Crippen MR) is 123 cm³/mol. The summed E-state index contributed by atoms with van der Waals surface area (Å²) in [6.07, 6.45) is 5.76. The van der Waals surface area contributed by atoms with Crippen LogP contribution in [0.2, 0.25) is 0 Å². The Kier molecular flexibility index (Phi) is 5.49. The van der Waals surface area contributed by atoms with E-state index >= 15 is 0 Å². The Morgan fingerprint density at radius 3 is 2.77 bits per heavy atom. The molecule has 2 radical (unpaired) electrons. The summed E-state index contributed by atoms with van der Waals surface area (Å²) in [5.74, 6) is 1.14. The van der Waals surface area contributed by atoms with Crippen LogP contribution < -0.4 is 21.4 Å². The molecule has 3 N–H and O–H groups in total. The van der Waals surface area contributed by atoms with E-state index in [1.54, 1.807) is 16.9 Å². The molecule has 3 aromatic heterocycles. The van der Waals surface area contributed by atoms with Crippen molar-refractivity contribution in [2.75, 3.05) is 23.7 Å². The van der Waals surface area contributed by atoms with E-state index in [9.17, 15) is 0 Å². The van der Waals surface area contributed by atoms with Gasteiger partial charge in [-0.3, -0.25) is 4.98 Å². The van der Waals surface area contributed by atoms with Gasteiger partial charge in [0.1, 0.15) is 7.85 Å². The van der Waals surface area contributed by atoms with Crippen LogP contribution in [0.15, 0.2) is 54.9 Å². The van der Waals surface area contributed by atoms with Crippen LogP contribution in [-0.2, 0) is 6.54 Å². The van der Waals surface area contributed by atoms with Gasteiger partial charge in [-0.15, -0.1) is 0 Å². The molecule has 0 bridgehead atoms. The maximum Gasteiger partial charge on any atom is 0.229 e. The Balaban J connectivity index is 1.32. The normalized spacial score (nSPS) is 15.9. The molecule has 4 aromatic rings. The zero-order valence-corrected chi connectivity index (χ0v) is 17.1. The molecule has 31 heavy (non-hydrogen) atoms. The molecule has 1 unspecified atom stereocenters. The summed E-state index contributed by atoms with van der Waals surface area (Å²) in [5.41, 5.74) is 4.27. The molecular weight excluding hydrogens is 387 g/mol. The Morgan fingerprint density at radius 2 is 2.00 bits per heavy atom. The minimum absolute atomic E-state index is 0.441. The Labute approximate surface area is 181 Å². The summed E-state index contributed by atoms with van der Waals surface area (Å²) in [5, 5.41) is 14.5. The molecule has 1 saturated heterocycles. The van der Waals surface area contributed by atoms with Gasteiger partial charge in [-0.2, -0.15) is 19.6 Å². The van der Waals surface area contributed by atoms with Crippen LogP contribution in [0.25, 0.3) is 16.9 Å². The van der Waals surface area contributed by atoms with E-state index in [0.717, 1.165) is 36.3 Å². The van der Waals surface area contributed by atoms with Crippen LogP contribution in [-0.4, -0.2) is 51.5 Å². The number of fused-ring (bicyclic) bond motifs is 1. The summed E-state index contributed by atoms with van der Waals surface area (Å²) >= 11 is 0. The number of pyridine rings is 1. The monoisotopic (exact) mass is 410 g/mol. The highest BCUT2D eigenvalue weighted by atomic mass is 15.4. The van der Waals surface area contributed by atoms with Crippen LogP contribution in [0, 0.1) is 0 Å². The van der Waals surface area contributed by atoms with Gasteiger partial charge in [0.15, 0.2) is 5.65 Å². The van der Waals surface area contributed by atoms with E-state index in [4.69, 9.17) is 7.85 Å². The lowest BCUT2D eigenvalue weighted by atomic mass is 10.0. The van der Waals surface area contributed by atoms with Crippen molar-refractivity contribution in [1.29, 1.82) is 0 Å². The molecule has 1 atom stereocenters. The van der Waals surface area contributed by atoms with Crippen LogP contribution in [0.1, 0.15) is 18.4 Å². The molecular formula is C22H23BN8. The van der Waals surface area contributed by atoms with Crippen LogP contribution in [0.3, 0.4) is 0 Å². The fraction of sp³-hybridized carbons (Fsp3) is 0.273. The summed E-state index contributed by atoms with van der Waals surface area (Å²) in [6, 6.07) is 14.7. The standard InChI is InChI=1S/C22H23BN8/c23-18-14-28-31-20(18)29-21(26-13-17-4-3-11-24-17)30-22(31)27-12-15-6-8-16(9-7-15)19-5-1-2-10-25-19/h1-2,5-10,14,17,24H,3-4,11-13H2,(H2,26,27,29,30). The highest BCUT2D eigenvalue weighted by Gasteiger charge is 2.15. The minimum Gasteiger partial charge on any atom is -0.352 e. The van der Waals surface area contributed by atoms with Gasteiger partial charge in [-0.25, -0.2) is 0 Å². The van der Waals surface area contributed by atoms with Crippen molar-refractivity contribution in [2.24, 2.45) is 0 Å². The third kappa shape index (κ3) is 4.36. The topological polar surface area (TPSA) is 92.1 Å². The van der Waals surface area contributed by atoms with E-state index in [1.807, 2.05) is 18.2 Å². The van der Waals surface area contributed by atoms with E-state index in [0.29, 0.717) is 35.6 Å². The Morgan fingerprint density at radius 1 is 1.10 bits per heavy atom. The number of anilines is 2. The van der Waals surface area contributed by atoms with Crippen molar-refractivity contribution in [2.45, 2.75) is 25.4 Å². The molecule has 154 valence electrons. The fourth-order valence-electron chi connectivity index (χ4n) is 3.74. The van der Waals surface area contributed by atoms with Crippen molar-refractivity contribution in [3.05, 3.63) is 60.4 Å². The Hall–Kier alpha value is -3.46. The van der Waals surface area contributed by atoms with Crippen LogP contribution >= 0.6 is 0 Å². The van der Waals surface area contributed by atoms with E-state index in [1.165, 1.54) is 6.42 Å². The molecule has 4 heterocycles. The first-order valence-corrected chi connectivity index (χ1v) is 10.5. The maximum absolute atomic E-state index is 6.06. The summed E-state index contributed by atoms with van der Waals surface area (Å²) in [4.78, 5) is 13.6. The van der Waals surface area contributed by atoms with E-state index in [-0.39, 0.29) is 0 Å². The number of hydrogen-bond donors (Lipinski definition) is 3. The zero-order valence-electron chi connectivity index (χ0n) is 17.1. The lowest BCUT2D eigenvalue weighted by Crippen LogP contribution is -2.30. The summed E-state index contributed by atoms with van der Waals surface area (Å²) in [7, 11) is 6.06. The van der Waals surface area contributed by atoms with Gasteiger partial charge in [-0.05, 0) is 42.5 Å². The summed E-state index contributed by atoms with van der Waals surface area (Å²) in [6.45, 7) is 2.43. The van der Waals surface area contributed by atoms with Gasteiger partial charge in [0.25, 0.3) is 0 Å². The first-order valence-electron chi connectivity index (χ1n) is 10.5. The maximum atomic E-state index is 6.06. The SMILES string of the molecule is [B]c1cnn2c(NCc3ccc(-c4ccccn4)cc3)nc(NCC3CCCN3)nc12. The molecule has 9 heteroatoms. The van der Waals surface area contributed by atoms with Crippen molar-refractivity contribution in [3.8, 4) is 11.3 Å². The highest BCUT2D eigenvalue weighted by Crippen LogP contribution is 2.18. The quantitative estimate of drug-likeness (QED) is 0.400. The molecule has 1 aliphatic rings. The van der Waals surface area contributed by atoms with Crippen molar-refractivity contribution in [1.82, 2.24) is 29.9 Å². The van der Waals surface area contributed by atoms with Crippen LogP contribution in [0.4, 0.5) is 11.9 Å². The third-order valence-electron chi connectivity index (χ3n) is 5.43. The number of benzene rings is 1. The minimum atomic E-state index is 0.441. The second-order valence-corrected chi connectivity index (χ2v) is 7.65. The molecule has 0 saturated carbocycles. The van der Waals surface area contributed by atoms with Gasteiger partial charge in [-0.1, -0.05) is 30.3 Å². The number of rotatable bonds is 7.